The Labute approximate surface area is 193 Å². The second kappa shape index (κ2) is 9.15. The van der Waals surface area contributed by atoms with Crippen LogP contribution in [0.1, 0.15) is 42.9 Å². The predicted molar refractivity (Wildman–Crippen MR) is 113 cm³/mol. The van der Waals surface area contributed by atoms with Crippen LogP contribution in [-0.2, 0) is 7.05 Å². The van der Waals surface area contributed by atoms with Gasteiger partial charge in [0.2, 0.25) is 0 Å². The summed E-state index contributed by atoms with van der Waals surface area (Å²) in [6.45, 7) is 17.0. The van der Waals surface area contributed by atoms with Gasteiger partial charge in [0, 0.05) is 30.7 Å². The van der Waals surface area contributed by atoms with Crippen LogP contribution in [0.5, 0.6) is 0 Å². The normalized spacial score (nSPS) is 20.5. The molecule has 1 aromatic carbocycles. The summed E-state index contributed by atoms with van der Waals surface area (Å²) in [5, 5.41) is 15.5. The Morgan fingerprint density at radius 2 is 2.07 bits per heavy atom. The van der Waals surface area contributed by atoms with Crippen molar-refractivity contribution in [2.24, 2.45) is 13.0 Å². The van der Waals surface area contributed by atoms with E-state index in [-0.39, 0.29) is 36.7 Å². The summed E-state index contributed by atoms with van der Waals surface area (Å²) in [5.41, 5.74) is 5.14. The minimum Gasteiger partial charge on any atom is -0.355 e. The molecule has 28 heavy (non-hydrogen) atoms. The third kappa shape index (κ3) is 5.09. The largest absolute Gasteiger partial charge is 2.00 e. The van der Waals surface area contributed by atoms with Gasteiger partial charge in [-0.25, -0.2) is 5.54 Å². The average Bonchev–Trinajstić information content (AvgIpc) is 3.00. The number of aryl methyl sites for hydroxylation is 2. The molecule has 2 unspecified atom stereocenters. The van der Waals surface area contributed by atoms with Crippen LogP contribution in [0.2, 0.25) is 0 Å². The van der Waals surface area contributed by atoms with Crippen molar-refractivity contribution in [2.45, 2.75) is 38.6 Å². The van der Waals surface area contributed by atoms with Crippen molar-refractivity contribution in [1.82, 2.24) is 14.7 Å². The number of likely N-dealkylation sites (tertiary alicyclic amines) is 1. The first kappa shape index (κ1) is 23.2. The fraction of sp³-hybridized carbons (Fsp3) is 0.455. The van der Waals surface area contributed by atoms with E-state index in [9.17, 15) is 0 Å². The zero-order valence-electron chi connectivity index (χ0n) is 17.4. The number of piperidine rings is 1. The Morgan fingerprint density at radius 3 is 2.61 bits per heavy atom. The third-order valence-corrected chi connectivity index (χ3v) is 5.65. The van der Waals surface area contributed by atoms with Crippen LogP contribution in [0.3, 0.4) is 0 Å². The number of rotatable bonds is 5. The molecular weight excluding hydrogens is 572 g/mol. The van der Waals surface area contributed by atoms with Crippen LogP contribution in [0.25, 0.3) is 0 Å². The van der Waals surface area contributed by atoms with Crippen LogP contribution in [0.15, 0.2) is 24.5 Å². The van der Waals surface area contributed by atoms with E-state index in [1.165, 1.54) is 17.3 Å². The third-order valence-electron chi connectivity index (χ3n) is 5.65. The van der Waals surface area contributed by atoms with Crippen molar-refractivity contribution in [2.75, 3.05) is 18.4 Å². The zero-order valence-corrected chi connectivity index (χ0v) is 21.6. The van der Waals surface area contributed by atoms with Gasteiger partial charge in [0.25, 0.3) is 0 Å². The second-order valence-corrected chi connectivity index (χ2v) is 8.28. The van der Waals surface area contributed by atoms with Crippen LogP contribution in [0, 0.1) is 63.2 Å². The van der Waals surface area contributed by atoms with Crippen LogP contribution < -0.4 is 5.32 Å². The molecule has 1 aliphatic rings. The van der Waals surface area contributed by atoms with Crippen molar-refractivity contribution in [1.29, 1.82) is 5.41 Å². The van der Waals surface area contributed by atoms with E-state index in [0.29, 0.717) is 11.8 Å². The summed E-state index contributed by atoms with van der Waals surface area (Å²) >= 11 is 0. The van der Waals surface area contributed by atoms with Crippen LogP contribution in [0.4, 0.5) is 11.4 Å². The van der Waals surface area contributed by atoms with Gasteiger partial charge >= 0.3 is 31.1 Å². The van der Waals surface area contributed by atoms with Gasteiger partial charge in [-0.15, -0.1) is 6.92 Å². The summed E-state index contributed by atoms with van der Waals surface area (Å²) in [6, 6.07) is 4.35. The van der Waals surface area contributed by atoms with E-state index >= 15 is 0 Å². The quantitative estimate of drug-likeness (QED) is 0.396. The number of nitrogens with zero attached hydrogens (tertiary/aromatic N) is 3. The molecular formula is C22H31N5U. The van der Waals surface area contributed by atoms with Gasteiger partial charge in [0.05, 0.1) is 11.9 Å². The monoisotopic (exact) mass is 603 g/mol. The molecule has 1 aromatic heterocycles. The number of hydrogen-bond acceptors (Lipinski definition) is 4. The van der Waals surface area contributed by atoms with E-state index in [1.54, 1.807) is 10.9 Å². The molecule has 0 saturated carbocycles. The number of aromatic nitrogens is 2. The smallest absolute Gasteiger partial charge is 0.355 e. The molecule has 5 nitrogen and oxygen atoms in total. The molecule has 0 spiro atoms. The topological polar surface area (TPSA) is 56.9 Å². The number of benzene rings is 1. The predicted octanol–water partition coefficient (Wildman–Crippen LogP) is 4.32. The summed E-state index contributed by atoms with van der Waals surface area (Å²) < 4.78 is 1.77. The van der Waals surface area contributed by atoms with Crippen molar-refractivity contribution < 1.29 is 31.1 Å². The molecule has 2 heterocycles. The second-order valence-electron chi connectivity index (χ2n) is 8.28. The first-order valence-electron chi connectivity index (χ1n) is 9.55. The SMILES string of the molecule is [CH2-]C([CH2-])(C)N1CCC(c2cc(Nc3cnn(C)c3)c(C=N)cc2C)C(C)C1.[U+2]. The molecule has 2 atom stereocenters. The maximum Gasteiger partial charge on any atom is 2.00 e. The molecule has 2 aromatic rings. The van der Waals surface area contributed by atoms with E-state index in [4.69, 9.17) is 5.41 Å². The molecule has 6 heteroatoms. The van der Waals surface area contributed by atoms with Gasteiger partial charge in [-0.3, -0.25) is 4.68 Å². The van der Waals surface area contributed by atoms with Gasteiger partial charge in [0.1, 0.15) is 0 Å². The Bertz CT molecular complexity index is 821. The van der Waals surface area contributed by atoms with Gasteiger partial charge in [-0.1, -0.05) is 6.92 Å². The molecule has 148 valence electrons. The fourth-order valence-electron chi connectivity index (χ4n) is 4.11. The van der Waals surface area contributed by atoms with Crippen molar-refractivity contribution in [3.05, 3.63) is 55.1 Å². The molecule has 2 N–H and O–H groups in total. The summed E-state index contributed by atoms with van der Waals surface area (Å²) in [5.74, 6) is 1.02. The standard InChI is InChI=1S/C22H31N5.U/c1-15-9-17(11-23)21(25-18-12-24-26(6)14-18)10-20(15)19-7-8-27(13-16(19)2)22(3,4)5;/h9-12,14,16,19,23,25H,3-4,7-8,13H2,1-2,5-6H3;/q-2;+2. The average molecular weight is 604 g/mol. The molecule has 0 radical (unpaired) electrons. The summed E-state index contributed by atoms with van der Waals surface area (Å²) in [6.07, 6.45) is 6.26. The van der Waals surface area contributed by atoms with Gasteiger partial charge in [0.15, 0.2) is 0 Å². The first-order chi connectivity index (χ1) is 12.7. The fourth-order valence-corrected chi connectivity index (χ4v) is 4.11. The van der Waals surface area contributed by atoms with Crippen molar-refractivity contribution in [3.63, 3.8) is 0 Å². The summed E-state index contributed by atoms with van der Waals surface area (Å²) in [7, 11) is 1.90. The van der Waals surface area contributed by atoms with Gasteiger partial charge in [-0.05, 0) is 61.5 Å². The molecule has 0 aliphatic carbocycles. The maximum absolute atomic E-state index is 7.80. The van der Waals surface area contributed by atoms with E-state index in [1.807, 2.05) is 13.2 Å². The maximum atomic E-state index is 7.80. The number of nitrogens with one attached hydrogen (secondary N) is 2. The minimum atomic E-state index is -0.272. The number of anilines is 2. The van der Waals surface area contributed by atoms with Crippen LogP contribution in [-0.4, -0.2) is 39.5 Å². The molecule has 1 saturated heterocycles. The molecule has 0 bridgehead atoms. The van der Waals surface area contributed by atoms with E-state index in [0.717, 1.165) is 36.4 Å². The summed E-state index contributed by atoms with van der Waals surface area (Å²) in [4.78, 5) is 2.38. The molecule has 1 fully saturated rings. The zero-order chi connectivity index (χ0) is 19.8. The van der Waals surface area contributed by atoms with Crippen LogP contribution >= 0.6 is 0 Å². The van der Waals surface area contributed by atoms with Gasteiger partial charge in [-0.2, -0.15) is 5.10 Å². The van der Waals surface area contributed by atoms with Gasteiger partial charge < -0.3 is 29.5 Å². The molecule has 3 rings (SSSR count). The van der Waals surface area contributed by atoms with E-state index in [2.05, 4.69) is 62.1 Å². The Hall–Kier alpha value is -1.09. The van der Waals surface area contributed by atoms with Crippen molar-refractivity contribution in [3.8, 4) is 0 Å². The Kier molecular flexibility index (Phi) is 7.58. The number of hydrogen-bond donors (Lipinski definition) is 2. The van der Waals surface area contributed by atoms with Crippen molar-refractivity contribution >= 4 is 17.6 Å². The minimum absolute atomic E-state index is 0. The molecule has 0 amide bonds. The Morgan fingerprint density at radius 1 is 1.36 bits per heavy atom. The van der Waals surface area contributed by atoms with E-state index < -0.39 is 0 Å². The molecule has 1 aliphatic heterocycles. The Balaban J connectivity index is 0.00000280. The first-order valence-corrected chi connectivity index (χ1v) is 9.55.